The van der Waals surface area contributed by atoms with E-state index < -0.39 is 0 Å². The van der Waals surface area contributed by atoms with Gasteiger partial charge in [-0.15, -0.1) is 11.3 Å². The van der Waals surface area contributed by atoms with Crippen LogP contribution < -0.4 is 14.5 Å². The number of rotatable bonds is 7. The van der Waals surface area contributed by atoms with Crippen molar-refractivity contribution in [1.29, 1.82) is 0 Å². The molecular formula is C31H34N4O4S. The first-order valence-corrected chi connectivity index (χ1v) is 14.9. The van der Waals surface area contributed by atoms with Crippen LogP contribution in [0.2, 0.25) is 0 Å². The molecule has 1 aromatic heterocycles. The topological polar surface area (TPSA) is 73.4 Å². The van der Waals surface area contributed by atoms with Gasteiger partial charge in [-0.05, 0) is 55.5 Å². The second-order valence-electron chi connectivity index (χ2n) is 10.5. The number of carbonyl (C=O) groups is 3. The lowest BCUT2D eigenvalue weighted by Crippen LogP contribution is -2.52. The first kappa shape index (κ1) is 26.4. The summed E-state index contributed by atoms with van der Waals surface area (Å²) in [5, 5.41) is 1.95. The van der Waals surface area contributed by atoms with E-state index in [0.717, 1.165) is 54.5 Å². The predicted molar refractivity (Wildman–Crippen MR) is 156 cm³/mol. The number of ether oxygens (including phenoxy) is 1. The molecule has 1 atom stereocenters. The van der Waals surface area contributed by atoms with Crippen LogP contribution in [-0.4, -0.2) is 73.4 Å². The molecule has 3 aromatic rings. The molecule has 3 amide bonds. The minimum atomic E-state index is -0.249. The number of anilines is 2. The summed E-state index contributed by atoms with van der Waals surface area (Å²) in [5.41, 5.74) is 2.76. The number of benzene rings is 2. The summed E-state index contributed by atoms with van der Waals surface area (Å²) in [6, 6.07) is 17.4. The maximum absolute atomic E-state index is 13.7. The molecule has 0 radical (unpaired) electrons. The summed E-state index contributed by atoms with van der Waals surface area (Å²) in [4.78, 5) is 49.0. The SMILES string of the molecule is CCOc1ccccc1N1CCN(C(=O)[C@H]2CCCN(c3cccc4c3C(=O)N(Cc3cccs3)C4=O)C2)CC1. The summed E-state index contributed by atoms with van der Waals surface area (Å²) in [5.74, 6) is 0.424. The molecule has 2 saturated heterocycles. The van der Waals surface area contributed by atoms with Crippen molar-refractivity contribution < 1.29 is 19.1 Å². The maximum atomic E-state index is 13.7. The molecule has 0 unspecified atom stereocenters. The first-order valence-electron chi connectivity index (χ1n) is 14.1. The predicted octanol–water partition coefficient (Wildman–Crippen LogP) is 4.51. The fraction of sp³-hybridized carbons (Fsp3) is 0.387. The van der Waals surface area contributed by atoms with Crippen molar-refractivity contribution in [2.75, 3.05) is 55.7 Å². The Morgan fingerprint density at radius 2 is 1.70 bits per heavy atom. The lowest BCUT2D eigenvalue weighted by Gasteiger charge is -2.40. The average molecular weight is 559 g/mol. The van der Waals surface area contributed by atoms with Crippen LogP contribution in [0, 0.1) is 5.92 Å². The average Bonchev–Trinajstić information content (AvgIpc) is 3.60. The monoisotopic (exact) mass is 558 g/mol. The third-order valence-corrected chi connectivity index (χ3v) is 8.94. The van der Waals surface area contributed by atoms with E-state index in [1.54, 1.807) is 6.07 Å². The van der Waals surface area contributed by atoms with Gasteiger partial charge < -0.3 is 19.4 Å². The molecule has 4 heterocycles. The van der Waals surface area contributed by atoms with Crippen LogP contribution in [0.5, 0.6) is 5.75 Å². The molecular weight excluding hydrogens is 524 g/mol. The van der Waals surface area contributed by atoms with Crippen LogP contribution in [0.4, 0.5) is 11.4 Å². The molecule has 2 aromatic carbocycles. The first-order chi connectivity index (χ1) is 19.5. The maximum Gasteiger partial charge on any atom is 0.264 e. The van der Waals surface area contributed by atoms with Crippen LogP contribution in [0.3, 0.4) is 0 Å². The fourth-order valence-corrected chi connectivity index (χ4v) is 6.79. The van der Waals surface area contributed by atoms with E-state index >= 15 is 0 Å². The lowest BCUT2D eigenvalue weighted by molar-refractivity contribution is -0.136. The third-order valence-electron chi connectivity index (χ3n) is 8.08. The van der Waals surface area contributed by atoms with Crippen molar-refractivity contribution in [3.63, 3.8) is 0 Å². The number of nitrogens with zero attached hydrogens (tertiary/aromatic N) is 4. The second kappa shape index (κ2) is 11.3. The van der Waals surface area contributed by atoms with Crippen molar-refractivity contribution in [3.8, 4) is 5.75 Å². The summed E-state index contributed by atoms with van der Waals surface area (Å²) in [7, 11) is 0. The second-order valence-corrected chi connectivity index (χ2v) is 11.5. The van der Waals surface area contributed by atoms with E-state index in [1.165, 1.54) is 16.2 Å². The zero-order chi connectivity index (χ0) is 27.6. The van der Waals surface area contributed by atoms with Crippen molar-refractivity contribution in [2.45, 2.75) is 26.3 Å². The van der Waals surface area contributed by atoms with Gasteiger partial charge in [-0.1, -0.05) is 24.3 Å². The van der Waals surface area contributed by atoms with Gasteiger partial charge in [-0.3, -0.25) is 19.3 Å². The number of imide groups is 1. The number of hydrogen-bond acceptors (Lipinski definition) is 7. The molecule has 0 aliphatic carbocycles. The number of fused-ring (bicyclic) bond motifs is 1. The Bertz CT molecular complexity index is 1400. The Morgan fingerprint density at radius 1 is 0.900 bits per heavy atom. The van der Waals surface area contributed by atoms with Crippen LogP contribution in [0.15, 0.2) is 60.0 Å². The Hall–Kier alpha value is -3.85. The quantitative estimate of drug-likeness (QED) is 0.398. The van der Waals surface area contributed by atoms with Gasteiger partial charge in [0.1, 0.15) is 5.75 Å². The van der Waals surface area contributed by atoms with Gasteiger partial charge in [-0.2, -0.15) is 0 Å². The molecule has 3 aliphatic rings. The van der Waals surface area contributed by atoms with Crippen molar-refractivity contribution in [2.24, 2.45) is 5.92 Å². The van der Waals surface area contributed by atoms with Gasteiger partial charge in [0.15, 0.2) is 0 Å². The molecule has 0 spiro atoms. The molecule has 2 fully saturated rings. The lowest BCUT2D eigenvalue weighted by atomic mass is 9.94. The van der Waals surface area contributed by atoms with E-state index in [2.05, 4.69) is 15.9 Å². The van der Waals surface area contributed by atoms with Crippen LogP contribution in [0.25, 0.3) is 0 Å². The highest BCUT2D eigenvalue weighted by Gasteiger charge is 2.40. The normalized spacial score (nSPS) is 19.3. The number of thiophene rings is 1. The van der Waals surface area contributed by atoms with E-state index in [4.69, 9.17) is 4.74 Å². The molecule has 0 N–H and O–H groups in total. The molecule has 40 heavy (non-hydrogen) atoms. The summed E-state index contributed by atoms with van der Waals surface area (Å²) < 4.78 is 5.82. The molecule has 0 saturated carbocycles. The molecule has 0 bridgehead atoms. The molecule has 8 nitrogen and oxygen atoms in total. The van der Waals surface area contributed by atoms with Crippen molar-refractivity contribution >= 4 is 40.4 Å². The molecule has 208 valence electrons. The highest BCUT2D eigenvalue weighted by molar-refractivity contribution is 7.09. The Balaban J connectivity index is 1.13. The minimum absolute atomic E-state index is 0.138. The number of carbonyl (C=O) groups excluding carboxylic acids is 3. The molecule has 9 heteroatoms. The zero-order valence-electron chi connectivity index (χ0n) is 22.8. The fourth-order valence-electron chi connectivity index (χ4n) is 6.10. The highest BCUT2D eigenvalue weighted by Crippen LogP contribution is 2.35. The molecule has 3 aliphatic heterocycles. The number of para-hydroxylation sites is 2. The standard InChI is InChI=1S/C31H34N4O4S/c1-2-39-27-13-4-3-11-25(27)32-15-17-33(18-16-32)29(36)22-8-6-14-34(20-22)26-12-5-10-24-28(26)31(38)35(30(24)37)21-23-9-7-19-40-23/h3-5,7,9-13,19,22H,2,6,8,14-18,20-21H2,1H3/t22-/m0/s1. The van der Waals surface area contributed by atoms with E-state index in [-0.39, 0.29) is 30.2 Å². The van der Waals surface area contributed by atoms with Crippen molar-refractivity contribution in [3.05, 3.63) is 76.0 Å². The van der Waals surface area contributed by atoms with Crippen LogP contribution in [0.1, 0.15) is 45.4 Å². The van der Waals surface area contributed by atoms with Gasteiger partial charge in [0, 0.05) is 44.1 Å². The van der Waals surface area contributed by atoms with E-state index in [1.807, 2.05) is 59.7 Å². The Morgan fingerprint density at radius 3 is 2.48 bits per heavy atom. The van der Waals surface area contributed by atoms with Gasteiger partial charge in [0.25, 0.3) is 11.8 Å². The number of piperazine rings is 1. The third kappa shape index (κ3) is 4.94. The van der Waals surface area contributed by atoms with Gasteiger partial charge in [0.05, 0.1) is 41.6 Å². The number of hydrogen-bond donors (Lipinski definition) is 0. The highest BCUT2D eigenvalue weighted by atomic mass is 32.1. The van der Waals surface area contributed by atoms with E-state index in [0.29, 0.717) is 37.4 Å². The Labute approximate surface area is 238 Å². The zero-order valence-corrected chi connectivity index (χ0v) is 23.6. The summed E-state index contributed by atoms with van der Waals surface area (Å²) >= 11 is 1.54. The summed E-state index contributed by atoms with van der Waals surface area (Å²) in [6.07, 6.45) is 1.69. The minimum Gasteiger partial charge on any atom is -0.492 e. The number of piperidine rings is 1. The van der Waals surface area contributed by atoms with Gasteiger partial charge in [-0.25, -0.2) is 0 Å². The smallest absolute Gasteiger partial charge is 0.264 e. The van der Waals surface area contributed by atoms with Crippen LogP contribution >= 0.6 is 11.3 Å². The van der Waals surface area contributed by atoms with Gasteiger partial charge >= 0.3 is 0 Å². The molecule has 6 rings (SSSR count). The largest absolute Gasteiger partial charge is 0.492 e. The van der Waals surface area contributed by atoms with Gasteiger partial charge in [0.2, 0.25) is 5.91 Å². The summed E-state index contributed by atoms with van der Waals surface area (Å²) in [6.45, 7) is 7.05. The van der Waals surface area contributed by atoms with Crippen molar-refractivity contribution in [1.82, 2.24) is 9.80 Å². The Kier molecular flexibility index (Phi) is 7.47. The van der Waals surface area contributed by atoms with Crippen LogP contribution in [-0.2, 0) is 11.3 Å². The van der Waals surface area contributed by atoms with E-state index in [9.17, 15) is 14.4 Å². The number of amides is 3.